The Bertz CT molecular complexity index is 478. The van der Waals surface area contributed by atoms with Gasteiger partial charge in [-0.2, -0.15) is 0 Å². The van der Waals surface area contributed by atoms with E-state index >= 15 is 0 Å². The van der Waals surface area contributed by atoms with Gasteiger partial charge in [0.15, 0.2) is 0 Å². The van der Waals surface area contributed by atoms with Crippen molar-refractivity contribution in [2.45, 2.75) is 33.6 Å². The third kappa shape index (κ3) is 3.09. The summed E-state index contributed by atoms with van der Waals surface area (Å²) in [6.07, 6.45) is 0. The van der Waals surface area contributed by atoms with Gasteiger partial charge in [-0.05, 0) is 36.1 Å². The van der Waals surface area contributed by atoms with Crippen LogP contribution in [0, 0.1) is 6.92 Å². The van der Waals surface area contributed by atoms with E-state index in [2.05, 4.69) is 5.32 Å². The molecule has 1 amide bonds. The van der Waals surface area contributed by atoms with E-state index in [9.17, 15) is 9.59 Å². The van der Waals surface area contributed by atoms with Crippen molar-refractivity contribution in [2.24, 2.45) is 0 Å². The van der Waals surface area contributed by atoms with E-state index in [-0.39, 0.29) is 5.92 Å². The number of rotatable bonds is 4. The summed E-state index contributed by atoms with van der Waals surface area (Å²) >= 11 is 0. The van der Waals surface area contributed by atoms with E-state index in [1.165, 1.54) is 6.92 Å². The van der Waals surface area contributed by atoms with Crippen LogP contribution in [0.4, 0.5) is 5.69 Å². The summed E-state index contributed by atoms with van der Waals surface area (Å²) in [5.41, 5.74) is 2.52. The fourth-order valence-corrected chi connectivity index (χ4v) is 1.67. The normalized spacial score (nSPS) is 10.3. The predicted molar refractivity (Wildman–Crippen MR) is 71.1 cm³/mol. The highest BCUT2D eigenvalue weighted by molar-refractivity contribution is 6.39. The first kappa shape index (κ1) is 14.2. The van der Waals surface area contributed by atoms with Gasteiger partial charge in [0.1, 0.15) is 5.75 Å². The minimum atomic E-state index is -0.599. The molecule has 0 aliphatic rings. The molecule has 18 heavy (non-hydrogen) atoms. The number of hydrogen-bond donors (Lipinski definition) is 1. The first-order valence-electron chi connectivity index (χ1n) is 5.87. The van der Waals surface area contributed by atoms with Crippen molar-refractivity contribution in [3.05, 3.63) is 23.3 Å². The molecule has 0 atom stereocenters. The lowest BCUT2D eigenvalue weighted by Crippen LogP contribution is -2.20. The van der Waals surface area contributed by atoms with Gasteiger partial charge in [-0.3, -0.25) is 9.59 Å². The lowest BCUT2D eigenvalue weighted by Gasteiger charge is -2.16. The number of methoxy groups -OCH3 is 1. The van der Waals surface area contributed by atoms with E-state index in [1.807, 2.05) is 32.9 Å². The quantitative estimate of drug-likeness (QED) is 0.835. The Labute approximate surface area is 107 Å². The molecule has 1 aromatic rings. The predicted octanol–water partition coefficient (Wildman–Crippen LogP) is 2.65. The van der Waals surface area contributed by atoms with E-state index in [0.717, 1.165) is 16.9 Å². The smallest absolute Gasteiger partial charge is 0.291 e. The summed E-state index contributed by atoms with van der Waals surface area (Å²) in [5, 5.41) is 2.61. The summed E-state index contributed by atoms with van der Waals surface area (Å²) < 4.78 is 5.32. The first-order valence-corrected chi connectivity index (χ1v) is 5.87. The number of ether oxygens (including phenoxy) is 1. The summed E-state index contributed by atoms with van der Waals surface area (Å²) in [6.45, 7) is 7.20. The van der Waals surface area contributed by atoms with Gasteiger partial charge in [-0.1, -0.05) is 13.8 Å². The molecule has 0 fully saturated rings. The fourth-order valence-electron chi connectivity index (χ4n) is 1.67. The van der Waals surface area contributed by atoms with E-state index < -0.39 is 11.7 Å². The van der Waals surface area contributed by atoms with Crippen LogP contribution in [0.1, 0.15) is 37.8 Å². The van der Waals surface area contributed by atoms with Crippen molar-refractivity contribution in [3.8, 4) is 5.75 Å². The number of aryl methyl sites for hydroxylation is 1. The van der Waals surface area contributed by atoms with Crippen LogP contribution in [0.25, 0.3) is 0 Å². The lowest BCUT2D eigenvalue weighted by molar-refractivity contribution is -0.133. The molecule has 0 unspecified atom stereocenters. The Morgan fingerprint density at radius 1 is 1.28 bits per heavy atom. The average Bonchev–Trinajstić information content (AvgIpc) is 2.30. The monoisotopic (exact) mass is 249 g/mol. The van der Waals surface area contributed by atoms with E-state index in [4.69, 9.17) is 4.74 Å². The molecule has 0 aliphatic heterocycles. The molecule has 1 aromatic carbocycles. The second-order valence-electron chi connectivity index (χ2n) is 4.57. The highest BCUT2D eigenvalue weighted by Crippen LogP contribution is 2.31. The summed E-state index contributed by atoms with van der Waals surface area (Å²) in [7, 11) is 1.62. The number of nitrogens with one attached hydrogen (secondary N) is 1. The van der Waals surface area contributed by atoms with Crippen molar-refractivity contribution < 1.29 is 14.3 Å². The molecule has 0 aliphatic carbocycles. The zero-order chi connectivity index (χ0) is 13.9. The van der Waals surface area contributed by atoms with E-state index in [0.29, 0.717) is 5.69 Å². The molecule has 0 spiro atoms. The van der Waals surface area contributed by atoms with Gasteiger partial charge in [0, 0.05) is 12.6 Å². The molecular formula is C14H19NO3. The number of benzene rings is 1. The molecule has 4 heteroatoms. The molecule has 0 bridgehead atoms. The number of amides is 1. The Balaban J connectivity index is 3.17. The maximum absolute atomic E-state index is 11.4. The zero-order valence-electron chi connectivity index (χ0n) is 11.5. The topological polar surface area (TPSA) is 55.4 Å². The molecule has 1 N–H and O–H groups in total. The van der Waals surface area contributed by atoms with Crippen LogP contribution >= 0.6 is 0 Å². The van der Waals surface area contributed by atoms with Crippen molar-refractivity contribution in [3.63, 3.8) is 0 Å². The molecule has 0 saturated carbocycles. The highest BCUT2D eigenvalue weighted by atomic mass is 16.5. The van der Waals surface area contributed by atoms with Crippen LogP contribution in [-0.2, 0) is 9.59 Å². The van der Waals surface area contributed by atoms with Crippen molar-refractivity contribution in [2.75, 3.05) is 12.4 Å². The van der Waals surface area contributed by atoms with Crippen LogP contribution in [0.3, 0.4) is 0 Å². The summed E-state index contributed by atoms with van der Waals surface area (Å²) in [5.74, 6) is -0.0360. The summed E-state index contributed by atoms with van der Waals surface area (Å²) in [4.78, 5) is 22.4. The van der Waals surface area contributed by atoms with Gasteiger partial charge in [0.2, 0.25) is 5.78 Å². The average molecular weight is 249 g/mol. The second-order valence-corrected chi connectivity index (χ2v) is 4.57. The minimum Gasteiger partial charge on any atom is -0.496 e. The Morgan fingerprint density at radius 2 is 1.89 bits per heavy atom. The lowest BCUT2D eigenvalue weighted by atomic mass is 9.99. The van der Waals surface area contributed by atoms with Gasteiger partial charge in [0.25, 0.3) is 5.91 Å². The van der Waals surface area contributed by atoms with Gasteiger partial charge >= 0.3 is 0 Å². The molecule has 98 valence electrons. The maximum Gasteiger partial charge on any atom is 0.291 e. The van der Waals surface area contributed by atoms with Gasteiger partial charge in [-0.25, -0.2) is 0 Å². The third-order valence-corrected chi connectivity index (χ3v) is 2.77. The van der Waals surface area contributed by atoms with Crippen molar-refractivity contribution in [1.29, 1.82) is 0 Å². The SMILES string of the molecule is COc1cc(C)c(NC(=O)C(C)=O)cc1C(C)C. The van der Waals surface area contributed by atoms with Crippen LogP contribution in [0.2, 0.25) is 0 Å². The fraction of sp³-hybridized carbons (Fsp3) is 0.429. The molecule has 0 aromatic heterocycles. The number of ketones is 1. The number of Topliss-reactive ketones (excluding diaryl/α,β-unsaturated/α-hetero) is 1. The molecule has 4 nitrogen and oxygen atoms in total. The van der Waals surface area contributed by atoms with Crippen LogP contribution < -0.4 is 10.1 Å². The van der Waals surface area contributed by atoms with Gasteiger partial charge < -0.3 is 10.1 Å². The molecule has 1 rings (SSSR count). The maximum atomic E-state index is 11.4. The molecule has 0 radical (unpaired) electrons. The van der Waals surface area contributed by atoms with Crippen LogP contribution in [-0.4, -0.2) is 18.8 Å². The number of carbonyl (C=O) groups is 2. The second kappa shape index (κ2) is 5.67. The van der Waals surface area contributed by atoms with Crippen molar-refractivity contribution >= 4 is 17.4 Å². The largest absolute Gasteiger partial charge is 0.496 e. The Hall–Kier alpha value is -1.84. The molecule has 0 heterocycles. The molecule has 0 saturated heterocycles. The number of carbonyl (C=O) groups excluding carboxylic acids is 2. The van der Waals surface area contributed by atoms with Crippen LogP contribution in [0.5, 0.6) is 5.75 Å². The standard InChI is InChI=1S/C14H19NO3/c1-8(2)11-7-12(15-14(17)10(4)16)9(3)6-13(11)18-5/h6-8H,1-5H3,(H,15,17). The highest BCUT2D eigenvalue weighted by Gasteiger charge is 2.14. The molecular weight excluding hydrogens is 230 g/mol. The van der Waals surface area contributed by atoms with Crippen LogP contribution in [0.15, 0.2) is 12.1 Å². The number of hydrogen-bond acceptors (Lipinski definition) is 3. The zero-order valence-corrected chi connectivity index (χ0v) is 11.5. The summed E-state index contributed by atoms with van der Waals surface area (Å²) in [6, 6.07) is 3.73. The first-order chi connectivity index (χ1) is 8.36. The van der Waals surface area contributed by atoms with E-state index in [1.54, 1.807) is 7.11 Å². The van der Waals surface area contributed by atoms with Gasteiger partial charge in [0.05, 0.1) is 7.11 Å². The third-order valence-electron chi connectivity index (χ3n) is 2.77. The minimum absolute atomic E-state index is 0.272. The number of anilines is 1. The van der Waals surface area contributed by atoms with Gasteiger partial charge in [-0.15, -0.1) is 0 Å². The van der Waals surface area contributed by atoms with Crippen molar-refractivity contribution in [1.82, 2.24) is 0 Å². The Morgan fingerprint density at radius 3 is 2.33 bits per heavy atom. The Kier molecular flexibility index (Phi) is 4.48.